The highest BCUT2D eigenvalue weighted by molar-refractivity contribution is 5.95. The largest absolute Gasteiger partial charge is 0.457 e. The second-order valence-corrected chi connectivity index (χ2v) is 8.42. The number of hydrogen-bond donors (Lipinski definition) is 2. The maximum absolute atomic E-state index is 11.7. The number of primary amides is 1. The molecule has 1 heterocycles. The lowest BCUT2D eigenvalue weighted by Gasteiger charge is -2.19. The first-order valence-electron chi connectivity index (χ1n) is 11.4. The number of nitrogen functional groups attached to an aromatic ring is 1. The molecule has 0 aliphatic heterocycles. The van der Waals surface area contributed by atoms with Gasteiger partial charge in [0.05, 0.1) is 5.56 Å². The summed E-state index contributed by atoms with van der Waals surface area (Å²) < 4.78 is 12.3. The molecule has 4 N–H and O–H groups in total. The summed E-state index contributed by atoms with van der Waals surface area (Å²) in [7, 11) is 3.84. The van der Waals surface area contributed by atoms with E-state index < -0.39 is 5.91 Å². The Hall–Kier alpha value is -4.62. The summed E-state index contributed by atoms with van der Waals surface area (Å²) in [4.78, 5) is 17.9. The minimum atomic E-state index is -0.520. The van der Waals surface area contributed by atoms with E-state index in [1.54, 1.807) is 12.3 Å². The van der Waals surface area contributed by atoms with Crippen LogP contribution >= 0.6 is 0 Å². The Bertz CT molecular complexity index is 1370. The molecule has 0 fully saturated rings. The first kappa shape index (κ1) is 24.5. The molecule has 0 bridgehead atoms. The third-order valence-electron chi connectivity index (χ3n) is 5.32. The second kappa shape index (κ2) is 11.2. The Morgan fingerprint density at radius 3 is 2.22 bits per heavy atom. The van der Waals surface area contributed by atoms with Gasteiger partial charge in [-0.15, -0.1) is 0 Å². The van der Waals surface area contributed by atoms with Crippen LogP contribution in [0.1, 0.15) is 5.56 Å². The molecule has 0 unspecified atom stereocenters. The molecule has 0 saturated carbocycles. The maximum atomic E-state index is 11.7. The average molecular weight is 481 g/mol. The second-order valence-electron chi connectivity index (χ2n) is 8.42. The zero-order chi connectivity index (χ0) is 25.5. The van der Waals surface area contributed by atoms with Gasteiger partial charge in [0, 0.05) is 24.4 Å². The molecule has 0 radical (unpaired) electrons. The van der Waals surface area contributed by atoms with E-state index in [9.17, 15) is 4.79 Å². The van der Waals surface area contributed by atoms with E-state index in [1.807, 2.05) is 97.9 Å². The van der Waals surface area contributed by atoms with Crippen LogP contribution in [0.5, 0.6) is 23.0 Å². The van der Waals surface area contributed by atoms with Crippen LogP contribution in [0, 0.1) is 0 Å². The minimum absolute atomic E-state index is 0.336. The molecular weight excluding hydrogens is 452 g/mol. The summed E-state index contributed by atoms with van der Waals surface area (Å²) >= 11 is 0. The van der Waals surface area contributed by atoms with Crippen molar-refractivity contribution in [3.8, 4) is 34.1 Å². The van der Waals surface area contributed by atoms with Crippen LogP contribution in [0.25, 0.3) is 16.7 Å². The Morgan fingerprint density at radius 1 is 0.861 bits per heavy atom. The molecule has 0 aliphatic carbocycles. The van der Waals surface area contributed by atoms with Gasteiger partial charge in [-0.2, -0.15) is 0 Å². The van der Waals surface area contributed by atoms with Crippen molar-refractivity contribution in [3.63, 3.8) is 0 Å². The monoisotopic (exact) mass is 480 g/mol. The lowest BCUT2D eigenvalue weighted by molar-refractivity contribution is -0.113. The van der Waals surface area contributed by atoms with E-state index in [2.05, 4.69) is 4.98 Å². The highest BCUT2D eigenvalue weighted by Crippen LogP contribution is 2.39. The van der Waals surface area contributed by atoms with Crippen molar-refractivity contribution in [2.45, 2.75) is 0 Å². The number of ether oxygens (including phenoxy) is 2. The minimum Gasteiger partial charge on any atom is -0.457 e. The third kappa shape index (κ3) is 6.08. The van der Waals surface area contributed by atoms with Crippen LogP contribution in [0.4, 0.5) is 5.82 Å². The number of para-hydroxylation sites is 2. The first-order chi connectivity index (χ1) is 17.4. The van der Waals surface area contributed by atoms with Gasteiger partial charge in [-0.1, -0.05) is 48.5 Å². The molecule has 4 aromatic rings. The summed E-state index contributed by atoms with van der Waals surface area (Å²) in [6.45, 7) is 0.511. The number of benzene rings is 3. The highest BCUT2D eigenvalue weighted by Gasteiger charge is 2.16. The predicted molar refractivity (Wildman–Crippen MR) is 143 cm³/mol. The fraction of sp³-hybridized carbons (Fsp3) is 0.103. The molecule has 0 saturated heterocycles. The number of aromatic nitrogens is 1. The Kier molecular flexibility index (Phi) is 7.63. The Balaban J connectivity index is 1.68. The lowest BCUT2D eigenvalue weighted by atomic mass is 10.0. The molecule has 0 aliphatic rings. The van der Waals surface area contributed by atoms with Crippen LogP contribution in [0.15, 0.2) is 97.2 Å². The normalized spacial score (nSPS) is 11.4. The van der Waals surface area contributed by atoms with E-state index in [-0.39, 0.29) is 0 Å². The number of rotatable bonds is 9. The predicted octanol–water partition coefficient (Wildman–Crippen LogP) is 5.35. The molecule has 0 spiro atoms. The molecule has 3 aromatic carbocycles. The van der Waals surface area contributed by atoms with Crippen LogP contribution in [0.3, 0.4) is 0 Å². The van der Waals surface area contributed by atoms with Crippen molar-refractivity contribution in [1.29, 1.82) is 0 Å². The topological polar surface area (TPSA) is 104 Å². The van der Waals surface area contributed by atoms with Gasteiger partial charge in [0.15, 0.2) is 0 Å². The number of hydrogen-bond acceptors (Lipinski definition) is 6. The molecule has 36 heavy (non-hydrogen) atoms. The van der Waals surface area contributed by atoms with Gasteiger partial charge in [-0.25, -0.2) is 4.98 Å². The zero-order valence-electron chi connectivity index (χ0n) is 20.2. The van der Waals surface area contributed by atoms with E-state index in [0.717, 1.165) is 22.4 Å². The first-order valence-corrected chi connectivity index (χ1v) is 11.4. The van der Waals surface area contributed by atoms with Gasteiger partial charge >= 0.3 is 0 Å². The van der Waals surface area contributed by atoms with Gasteiger partial charge in [-0.3, -0.25) is 4.79 Å². The van der Waals surface area contributed by atoms with Crippen molar-refractivity contribution < 1.29 is 14.3 Å². The van der Waals surface area contributed by atoms with E-state index in [0.29, 0.717) is 35.2 Å². The van der Waals surface area contributed by atoms with Crippen LogP contribution in [-0.4, -0.2) is 36.4 Å². The number of nitrogens with two attached hydrogens (primary N) is 2. The quantitative estimate of drug-likeness (QED) is 0.313. The van der Waals surface area contributed by atoms with Gasteiger partial charge in [0.1, 0.15) is 28.8 Å². The number of likely N-dealkylation sites (N-methyl/N-ethyl adjacent to an activating group) is 1. The van der Waals surface area contributed by atoms with Gasteiger partial charge in [0.25, 0.3) is 0 Å². The van der Waals surface area contributed by atoms with Crippen LogP contribution in [0.2, 0.25) is 0 Å². The third-order valence-corrected chi connectivity index (χ3v) is 5.32. The molecule has 7 heteroatoms. The van der Waals surface area contributed by atoms with Crippen molar-refractivity contribution in [3.05, 3.63) is 103 Å². The molecule has 0 atom stereocenters. The van der Waals surface area contributed by atoms with Gasteiger partial charge < -0.3 is 25.8 Å². The van der Waals surface area contributed by atoms with Gasteiger partial charge in [0.2, 0.25) is 5.91 Å². The molecule has 182 valence electrons. The van der Waals surface area contributed by atoms with Crippen molar-refractivity contribution >= 4 is 17.3 Å². The molecule has 4 rings (SSSR count). The fourth-order valence-corrected chi connectivity index (χ4v) is 3.81. The number of anilines is 1. The number of pyridine rings is 1. The summed E-state index contributed by atoms with van der Waals surface area (Å²) in [6, 6.07) is 26.4. The number of nitrogens with zero attached hydrogens (tertiary/aromatic N) is 2. The van der Waals surface area contributed by atoms with Crippen molar-refractivity contribution in [1.82, 2.24) is 9.88 Å². The highest BCUT2D eigenvalue weighted by atomic mass is 16.5. The van der Waals surface area contributed by atoms with E-state index >= 15 is 0 Å². The van der Waals surface area contributed by atoms with Crippen molar-refractivity contribution in [2.24, 2.45) is 5.73 Å². The number of amides is 1. The smallest absolute Gasteiger partial charge is 0.241 e. The van der Waals surface area contributed by atoms with Gasteiger partial charge in [-0.05, 0) is 61.6 Å². The van der Waals surface area contributed by atoms with Crippen molar-refractivity contribution in [2.75, 3.05) is 26.4 Å². The average Bonchev–Trinajstić information content (AvgIpc) is 2.85. The maximum Gasteiger partial charge on any atom is 0.241 e. The Morgan fingerprint density at radius 2 is 1.53 bits per heavy atom. The molecular formula is C29H28N4O3. The Labute approximate surface area is 210 Å². The fourth-order valence-electron chi connectivity index (χ4n) is 3.81. The van der Waals surface area contributed by atoms with E-state index in [1.165, 1.54) is 6.08 Å². The summed E-state index contributed by atoms with van der Waals surface area (Å²) in [5, 5.41) is 0. The summed E-state index contributed by atoms with van der Waals surface area (Å²) in [6.07, 6.45) is 3.03. The van der Waals surface area contributed by atoms with E-state index in [4.69, 9.17) is 20.9 Å². The summed E-state index contributed by atoms with van der Waals surface area (Å²) in [5.41, 5.74) is 14.8. The molecule has 1 aromatic heterocycles. The number of carbonyl (C=O) groups excluding carboxylic acids is 1. The zero-order valence-corrected chi connectivity index (χ0v) is 20.2. The SMILES string of the molecule is CN(C)CC(=CC(N)=O)c1ccccc1Oc1ccnc(N)c1-c1ccc(Oc2ccccc2)cc1. The lowest BCUT2D eigenvalue weighted by Crippen LogP contribution is -2.17. The van der Waals surface area contributed by atoms with Crippen LogP contribution in [-0.2, 0) is 4.79 Å². The molecule has 1 amide bonds. The number of carbonyl (C=O) groups is 1. The standard InChI is InChI=1S/C29H28N4O3/c1-33(2)19-21(18-27(30)34)24-10-6-7-11-25(24)36-26-16-17-32-29(31)28(26)20-12-14-23(15-13-20)35-22-8-4-3-5-9-22/h3-18H,19H2,1-2H3,(H2,30,34)(H2,31,32). The molecule has 7 nitrogen and oxygen atoms in total. The summed E-state index contributed by atoms with van der Waals surface area (Å²) in [5.74, 6) is 2.38. The van der Waals surface area contributed by atoms with Crippen LogP contribution < -0.4 is 20.9 Å².